The SMILES string of the molecule is CC[NH+]1CCN(S(=O)(=O)c2ccc(/C=C/C(=O)[O-])cc2)CC1. The van der Waals surface area contributed by atoms with Crippen LogP contribution >= 0.6 is 0 Å². The molecule has 0 radical (unpaired) electrons. The van der Waals surface area contributed by atoms with E-state index in [9.17, 15) is 18.3 Å². The van der Waals surface area contributed by atoms with E-state index in [1.165, 1.54) is 27.4 Å². The van der Waals surface area contributed by atoms with E-state index in [4.69, 9.17) is 0 Å². The van der Waals surface area contributed by atoms with E-state index in [1.807, 2.05) is 0 Å². The number of nitrogens with zero attached hydrogens (tertiary/aromatic N) is 1. The molecule has 0 spiro atoms. The zero-order chi connectivity index (χ0) is 16.2. The Hall–Kier alpha value is -1.70. The Morgan fingerprint density at radius 1 is 1.27 bits per heavy atom. The maximum atomic E-state index is 12.6. The summed E-state index contributed by atoms with van der Waals surface area (Å²) in [6, 6.07) is 6.17. The number of sulfonamides is 1. The van der Waals surface area contributed by atoms with E-state index in [1.54, 1.807) is 12.1 Å². The normalized spacial score (nSPS) is 17.9. The minimum atomic E-state index is -3.47. The van der Waals surface area contributed by atoms with Crippen molar-refractivity contribution in [2.75, 3.05) is 32.7 Å². The first-order valence-corrected chi connectivity index (χ1v) is 8.70. The van der Waals surface area contributed by atoms with Crippen LogP contribution in [0.25, 0.3) is 6.08 Å². The van der Waals surface area contributed by atoms with E-state index >= 15 is 0 Å². The van der Waals surface area contributed by atoms with E-state index in [0.29, 0.717) is 18.7 Å². The average Bonchev–Trinajstić information content (AvgIpc) is 2.53. The first-order valence-electron chi connectivity index (χ1n) is 7.26. The molecule has 0 saturated carbocycles. The van der Waals surface area contributed by atoms with Crippen LogP contribution < -0.4 is 10.0 Å². The van der Waals surface area contributed by atoms with Crippen molar-refractivity contribution >= 4 is 22.1 Å². The first kappa shape index (κ1) is 16.7. The molecule has 2 rings (SSSR count). The summed E-state index contributed by atoms with van der Waals surface area (Å²) in [5, 5.41) is 10.4. The first-order chi connectivity index (χ1) is 10.4. The third kappa shape index (κ3) is 3.94. The van der Waals surface area contributed by atoms with Gasteiger partial charge in [0.25, 0.3) is 0 Å². The smallest absolute Gasteiger partial charge is 0.243 e. The van der Waals surface area contributed by atoms with Gasteiger partial charge in [0.2, 0.25) is 10.0 Å². The van der Waals surface area contributed by atoms with Gasteiger partial charge in [-0.2, -0.15) is 4.31 Å². The molecule has 0 aliphatic carbocycles. The van der Waals surface area contributed by atoms with Gasteiger partial charge in [-0.25, -0.2) is 8.42 Å². The summed E-state index contributed by atoms with van der Waals surface area (Å²) >= 11 is 0. The van der Waals surface area contributed by atoms with Crippen LogP contribution in [0.15, 0.2) is 35.2 Å². The number of carboxylic acids is 1. The number of quaternary nitrogens is 1. The van der Waals surface area contributed by atoms with Crippen LogP contribution in [-0.2, 0) is 14.8 Å². The predicted molar refractivity (Wildman–Crippen MR) is 80.5 cm³/mol. The lowest BCUT2D eigenvalue weighted by Gasteiger charge is -2.30. The van der Waals surface area contributed by atoms with Crippen LogP contribution in [-0.4, -0.2) is 51.4 Å². The second-order valence-electron chi connectivity index (χ2n) is 5.23. The third-order valence-corrected chi connectivity index (χ3v) is 5.77. The summed E-state index contributed by atoms with van der Waals surface area (Å²) in [7, 11) is -3.47. The largest absolute Gasteiger partial charge is 0.545 e. The van der Waals surface area contributed by atoms with Gasteiger partial charge in [-0.15, -0.1) is 0 Å². The van der Waals surface area contributed by atoms with Gasteiger partial charge in [0.05, 0.1) is 43.6 Å². The van der Waals surface area contributed by atoms with Crippen molar-refractivity contribution in [3.8, 4) is 0 Å². The quantitative estimate of drug-likeness (QED) is 0.659. The summed E-state index contributed by atoms with van der Waals surface area (Å²) in [4.78, 5) is 12.0. The van der Waals surface area contributed by atoms with Crippen molar-refractivity contribution in [3.63, 3.8) is 0 Å². The molecule has 1 aliphatic rings. The summed E-state index contributed by atoms with van der Waals surface area (Å²) in [6.07, 6.45) is 2.28. The third-order valence-electron chi connectivity index (χ3n) is 3.86. The van der Waals surface area contributed by atoms with E-state index in [-0.39, 0.29) is 4.90 Å². The minimum Gasteiger partial charge on any atom is -0.545 e. The topological polar surface area (TPSA) is 82.0 Å². The highest BCUT2D eigenvalue weighted by Gasteiger charge is 2.29. The molecule has 7 heteroatoms. The zero-order valence-electron chi connectivity index (χ0n) is 12.5. The predicted octanol–water partition coefficient (Wildman–Crippen LogP) is -1.64. The molecule has 0 amide bonds. The van der Waals surface area contributed by atoms with Gasteiger partial charge in [-0.1, -0.05) is 18.2 Å². The Labute approximate surface area is 130 Å². The fourth-order valence-corrected chi connectivity index (χ4v) is 3.90. The molecule has 120 valence electrons. The zero-order valence-corrected chi connectivity index (χ0v) is 13.3. The van der Waals surface area contributed by atoms with Crippen LogP contribution in [0, 0.1) is 0 Å². The van der Waals surface area contributed by atoms with Crippen molar-refractivity contribution in [1.82, 2.24) is 4.31 Å². The molecular formula is C15H20N2O4S. The number of piperazine rings is 1. The summed E-state index contributed by atoms with van der Waals surface area (Å²) in [6.45, 7) is 5.80. The average molecular weight is 324 g/mol. The number of aliphatic carboxylic acids is 1. The van der Waals surface area contributed by atoms with Crippen molar-refractivity contribution in [1.29, 1.82) is 0 Å². The summed E-state index contributed by atoms with van der Waals surface area (Å²) in [5.41, 5.74) is 0.614. The van der Waals surface area contributed by atoms with Gasteiger partial charge in [0.1, 0.15) is 0 Å². The molecule has 0 atom stereocenters. The highest BCUT2D eigenvalue weighted by Crippen LogP contribution is 2.17. The Bertz CT molecular complexity index is 645. The minimum absolute atomic E-state index is 0.234. The van der Waals surface area contributed by atoms with Crippen LogP contribution in [0.1, 0.15) is 12.5 Å². The summed E-state index contributed by atoms with van der Waals surface area (Å²) in [5.74, 6) is -1.28. The van der Waals surface area contributed by atoms with E-state index < -0.39 is 16.0 Å². The summed E-state index contributed by atoms with van der Waals surface area (Å²) < 4.78 is 26.6. The molecule has 1 aliphatic heterocycles. The Balaban J connectivity index is 2.11. The molecule has 1 fully saturated rings. The number of nitrogens with one attached hydrogen (secondary N) is 1. The molecule has 1 N–H and O–H groups in total. The van der Waals surface area contributed by atoms with Crippen molar-refractivity contribution in [2.45, 2.75) is 11.8 Å². The molecule has 1 heterocycles. The van der Waals surface area contributed by atoms with Crippen LogP contribution in [0.5, 0.6) is 0 Å². The van der Waals surface area contributed by atoms with Crippen molar-refractivity contribution < 1.29 is 23.2 Å². The van der Waals surface area contributed by atoms with Crippen LogP contribution in [0.2, 0.25) is 0 Å². The monoisotopic (exact) mass is 324 g/mol. The standard InChI is InChI=1S/C15H20N2O4S/c1-2-16-9-11-17(12-10-16)22(20,21)14-6-3-13(4-7-14)5-8-15(18)19/h3-8H,2,9-12H2,1H3,(H,18,19)/b8-5+. The molecule has 1 saturated heterocycles. The number of likely N-dealkylation sites (N-methyl/N-ethyl adjacent to an activating group) is 1. The van der Waals surface area contributed by atoms with Gasteiger partial charge in [0, 0.05) is 0 Å². The fourth-order valence-electron chi connectivity index (χ4n) is 2.46. The van der Waals surface area contributed by atoms with Gasteiger partial charge in [0.15, 0.2) is 0 Å². The van der Waals surface area contributed by atoms with Crippen LogP contribution in [0.3, 0.4) is 0 Å². The second kappa shape index (κ2) is 7.04. The number of carboxylic acid groups (broad SMARTS) is 1. The fraction of sp³-hybridized carbons (Fsp3) is 0.400. The molecule has 22 heavy (non-hydrogen) atoms. The lowest BCUT2D eigenvalue weighted by Crippen LogP contribution is -3.14. The van der Waals surface area contributed by atoms with E-state index in [0.717, 1.165) is 25.7 Å². The van der Waals surface area contributed by atoms with Gasteiger partial charge in [-0.05, 0) is 30.7 Å². The lowest BCUT2D eigenvalue weighted by molar-refractivity contribution is -0.901. The van der Waals surface area contributed by atoms with Gasteiger partial charge >= 0.3 is 0 Å². The second-order valence-corrected chi connectivity index (χ2v) is 7.17. The maximum absolute atomic E-state index is 12.6. The van der Waals surface area contributed by atoms with E-state index in [2.05, 4.69) is 6.92 Å². The Kier molecular flexibility index (Phi) is 5.33. The molecule has 0 unspecified atom stereocenters. The molecule has 1 aromatic rings. The molecule has 1 aromatic carbocycles. The number of hydrogen-bond donors (Lipinski definition) is 1. The highest BCUT2D eigenvalue weighted by atomic mass is 32.2. The molecule has 0 aromatic heterocycles. The molecule has 0 bridgehead atoms. The highest BCUT2D eigenvalue weighted by molar-refractivity contribution is 7.89. The number of rotatable bonds is 5. The van der Waals surface area contributed by atoms with Gasteiger partial charge < -0.3 is 14.8 Å². The number of carbonyl (C=O) groups is 1. The number of benzene rings is 1. The molecular weight excluding hydrogens is 304 g/mol. The van der Waals surface area contributed by atoms with Gasteiger partial charge in [-0.3, -0.25) is 0 Å². The van der Waals surface area contributed by atoms with Crippen molar-refractivity contribution in [3.05, 3.63) is 35.9 Å². The number of carbonyl (C=O) groups excluding carboxylic acids is 1. The Morgan fingerprint density at radius 3 is 2.36 bits per heavy atom. The maximum Gasteiger partial charge on any atom is 0.243 e. The lowest BCUT2D eigenvalue weighted by atomic mass is 10.2. The van der Waals surface area contributed by atoms with Crippen LogP contribution in [0.4, 0.5) is 0 Å². The Morgan fingerprint density at radius 2 is 1.86 bits per heavy atom. The van der Waals surface area contributed by atoms with Crippen molar-refractivity contribution in [2.24, 2.45) is 0 Å². The number of hydrogen-bond acceptors (Lipinski definition) is 4. The molecule has 6 nitrogen and oxygen atoms in total.